The van der Waals surface area contributed by atoms with E-state index in [1.54, 1.807) is 71.8 Å². The van der Waals surface area contributed by atoms with Crippen LogP contribution in [0.3, 0.4) is 0 Å². The summed E-state index contributed by atoms with van der Waals surface area (Å²) in [6.45, 7) is 0. The molecule has 8 aromatic rings. The van der Waals surface area contributed by atoms with Crippen molar-refractivity contribution in [1.82, 2.24) is 19.9 Å². The lowest BCUT2D eigenvalue weighted by Gasteiger charge is -2.31. The first-order valence-corrected chi connectivity index (χ1v) is 22.3. The summed E-state index contributed by atoms with van der Waals surface area (Å²) in [5.74, 6) is 0. The molecule has 0 radical (unpaired) electrons. The van der Waals surface area contributed by atoms with E-state index in [1.807, 2.05) is 48.5 Å². The number of hydrogen-bond acceptors (Lipinski definition) is 8. The normalized spacial score (nSPS) is 13.0. The minimum Gasteiger partial charge on any atom is -0.248 e. The smallest absolute Gasteiger partial charge is 0.101 e. The lowest BCUT2D eigenvalue weighted by atomic mass is 9.70. The van der Waals surface area contributed by atoms with Crippen LogP contribution in [0.4, 0.5) is 0 Å². The van der Waals surface area contributed by atoms with Gasteiger partial charge < -0.3 is 0 Å². The molecule has 0 N–H and O–H groups in total. The number of benzene rings is 4. The van der Waals surface area contributed by atoms with Crippen LogP contribution < -0.4 is 0 Å². The molecule has 0 amide bonds. The number of halogens is 4. The summed E-state index contributed by atoms with van der Waals surface area (Å²) in [5.41, 5.74) is 8.92. The van der Waals surface area contributed by atoms with E-state index in [2.05, 4.69) is 92.7 Å². The summed E-state index contributed by atoms with van der Waals surface area (Å²) < 4.78 is 0. The average Bonchev–Trinajstić information content (AvgIpc) is 3.67. The van der Waals surface area contributed by atoms with Gasteiger partial charge in [0.15, 0.2) is 0 Å². The quantitative estimate of drug-likeness (QED) is 0.150. The number of rotatable bonds is 8. The van der Waals surface area contributed by atoms with Crippen LogP contribution in [0, 0.1) is 0 Å². The van der Waals surface area contributed by atoms with Crippen molar-refractivity contribution in [3.63, 3.8) is 0 Å². The molecule has 276 valence electrons. The summed E-state index contributed by atoms with van der Waals surface area (Å²) >= 11 is 31.4. The Balaban J connectivity index is 1.20. The fourth-order valence-corrected chi connectivity index (χ4v) is 11.2. The van der Waals surface area contributed by atoms with E-state index in [4.69, 9.17) is 46.4 Å². The van der Waals surface area contributed by atoms with Crippen LogP contribution in [-0.4, -0.2) is 19.9 Å². The molecule has 12 heteroatoms. The molecule has 2 aliphatic carbocycles. The maximum Gasteiger partial charge on any atom is 0.101 e. The van der Waals surface area contributed by atoms with Crippen LogP contribution in [0.1, 0.15) is 22.3 Å². The fraction of sp³-hybridized carbons (Fsp3) is 0.0222. The second-order valence-electron chi connectivity index (χ2n) is 13.2. The number of nitrogens with zero attached hydrogens (tertiary/aromatic N) is 4. The van der Waals surface area contributed by atoms with Crippen LogP contribution in [0.5, 0.6) is 0 Å². The predicted molar refractivity (Wildman–Crippen MR) is 236 cm³/mol. The Morgan fingerprint density at radius 2 is 0.561 bits per heavy atom. The van der Waals surface area contributed by atoms with Gasteiger partial charge in [-0.1, -0.05) is 118 Å². The van der Waals surface area contributed by atoms with Gasteiger partial charge in [0.25, 0.3) is 0 Å². The molecule has 0 fully saturated rings. The van der Waals surface area contributed by atoms with Crippen molar-refractivity contribution in [2.75, 3.05) is 0 Å². The zero-order chi connectivity index (χ0) is 38.7. The second kappa shape index (κ2) is 15.3. The van der Waals surface area contributed by atoms with Gasteiger partial charge in [0.05, 0.1) is 25.5 Å². The van der Waals surface area contributed by atoms with E-state index in [0.29, 0.717) is 20.1 Å². The Bertz CT molecular complexity index is 2450. The molecule has 4 nitrogen and oxygen atoms in total. The van der Waals surface area contributed by atoms with Crippen molar-refractivity contribution in [2.24, 2.45) is 0 Å². The molecule has 0 saturated heterocycles. The Hall–Kier alpha value is -3.96. The van der Waals surface area contributed by atoms with Gasteiger partial charge in [0, 0.05) is 44.4 Å². The zero-order valence-corrected chi connectivity index (χ0v) is 35.6. The van der Waals surface area contributed by atoms with Crippen LogP contribution in [-0.2, 0) is 5.41 Å². The van der Waals surface area contributed by atoms with Gasteiger partial charge in [-0.15, -0.1) is 0 Å². The van der Waals surface area contributed by atoms with Crippen molar-refractivity contribution in [1.29, 1.82) is 0 Å². The third-order valence-corrected chi connectivity index (χ3v) is 14.5. The molecule has 57 heavy (non-hydrogen) atoms. The number of pyridine rings is 4. The van der Waals surface area contributed by atoms with Crippen LogP contribution >= 0.6 is 93.5 Å². The highest BCUT2D eigenvalue weighted by molar-refractivity contribution is 8.00. The van der Waals surface area contributed by atoms with Gasteiger partial charge >= 0.3 is 0 Å². The summed E-state index contributed by atoms with van der Waals surface area (Å²) in [5, 5.41) is 5.90. The highest BCUT2D eigenvalue weighted by Crippen LogP contribution is 2.64. The van der Waals surface area contributed by atoms with Crippen molar-refractivity contribution in [3.8, 4) is 22.3 Å². The largest absolute Gasteiger partial charge is 0.248 e. The molecule has 4 aromatic carbocycles. The Morgan fingerprint density at radius 1 is 0.316 bits per heavy atom. The molecular formula is C45H24Cl4N4S4. The summed E-state index contributed by atoms with van der Waals surface area (Å²) in [6, 6.07) is 42.6. The average molecular weight is 891 g/mol. The van der Waals surface area contributed by atoms with Gasteiger partial charge in [-0.25, -0.2) is 19.9 Å². The molecule has 0 bridgehead atoms. The first kappa shape index (κ1) is 37.3. The highest BCUT2D eigenvalue weighted by atomic mass is 35.5. The van der Waals surface area contributed by atoms with Gasteiger partial charge in [0.1, 0.15) is 20.1 Å². The molecular weight excluding hydrogens is 867 g/mol. The van der Waals surface area contributed by atoms with Crippen molar-refractivity contribution in [2.45, 2.75) is 45.1 Å². The molecule has 0 atom stereocenters. The van der Waals surface area contributed by atoms with Gasteiger partial charge in [-0.3, -0.25) is 0 Å². The lowest BCUT2D eigenvalue weighted by molar-refractivity contribution is 0.782. The van der Waals surface area contributed by atoms with E-state index < -0.39 is 5.41 Å². The van der Waals surface area contributed by atoms with Gasteiger partial charge in [0.2, 0.25) is 0 Å². The Kier molecular flexibility index (Phi) is 10.0. The Labute approximate surface area is 366 Å². The zero-order valence-electron chi connectivity index (χ0n) is 29.3. The molecule has 0 saturated carbocycles. The molecule has 0 unspecified atom stereocenters. The molecule has 10 rings (SSSR count). The van der Waals surface area contributed by atoms with E-state index in [1.165, 1.54) is 44.5 Å². The molecule has 1 spiro atoms. The number of hydrogen-bond donors (Lipinski definition) is 0. The maximum atomic E-state index is 6.23. The first-order chi connectivity index (χ1) is 27.8. The first-order valence-electron chi connectivity index (χ1n) is 17.6. The minimum atomic E-state index is -0.669. The number of fused-ring (bicyclic) bond motifs is 10. The monoisotopic (exact) mass is 888 g/mol. The van der Waals surface area contributed by atoms with Gasteiger partial charge in [-0.2, -0.15) is 0 Å². The lowest BCUT2D eigenvalue weighted by Crippen LogP contribution is -2.26. The minimum absolute atomic E-state index is 0.606. The van der Waals surface area contributed by atoms with Crippen molar-refractivity contribution >= 4 is 93.5 Å². The number of aromatic nitrogens is 4. The molecule has 2 aliphatic rings. The van der Waals surface area contributed by atoms with E-state index >= 15 is 0 Å². The Morgan fingerprint density at radius 3 is 0.772 bits per heavy atom. The van der Waals surface area contributed by atoms with Crippen LogP contribution in [0.25, 0.3) is 22.3 Å². The highest BCUT2D eigenvalue weighted by Gasteiger charge is 2.52. The summed E-state index contributed by atoms with van der Waals surface area (Å²) in [4.78, 5) is 22.8. The third-order valence-electron chi connectivity index (χ3n) is 9.85. The summed E-state index contributed by atoms with van der Waals surface area (Å²) in [7, 11) is 0. The molecule has 4 aromatic heterocycles. The van der Waals surface area contributed by atoms with Crippen LogP contribution in [0.15, 0.2) is 186 Å². The molecule has 0 aliphatic heterocycles. The maximum absolute atomic E-state index is 6.23. The van der Waals surface area contributed by atoms with Gasteiger partial charge in [-0.05, 0) is 142 Å². The second-order valence-corrected chi connectivity index (χ2v) is 19.4. The van der Waals surface area contributed by atoms with E-state index in [0.717, 1.165) is 39.7 Å². The van der Waals surface area contributed by atoms with Crippen molar-refractivity contribution in [3.05, 3.63) is 188 Å². The van der Waals surface area contributed by atoms with E-state index in [-0.39, 0.29) is 0 Å². The fourth-order valence-electron chi connectivity index (χ4n) is 7.57. The predicted octanol–water partition coefficient (Wildman–Crippen LogP) is 14.8. The molecule has 4 heterocycles. The topological polar surface area (TPSA) is 51.6 Å². The summed E-state index contributed by atoms with van der Waals surface area (Å²) in [6.07, 6.45) is 6.76. The standard InChI is InChI=1S/C45H24Cl4N4S4/c46-25-1-13-41(50-21-25)54-29-5-9-33-34-10-6-30(55-42-14-2-26(47)22-51-42)18-38(34)45(37(33)17-29)39-19-31(56-43-15-3-27(48)23-52-43)7-11-35(39)36-12-8-32(20-40(36)45)57-44-16-4-28(49)24-53-44/h1-24H. The SMILES string of the molecule is Clc1ccc(Sc2ccc3c(c2)C2(c4cc(Sc5ccc(Cl)cn5)ccc4-3)c3cc(Sc4ccc(Cl)cn4)ccc3-c3ccc(Sc4ccc(Cl)cn4)cc32)nc1. The third kappa shape index (κ3) is 7.04. The van der Waals surface area contributed by atoms with Crippen molar-refractivity contribution < 1.29 is 0 Å². The van der Waals surface area contributed by atoms with Crippen LogP contribution in [0.2, 0.25) is 20.1 Å². The van der Waals surface area contributed by atoms with E-state index in [9.17, 15) is 0 Å².